The van der Waals surface area contributed by atoms with Crippen LogP contribution in [0.4, 0.5) is 0 Å². The first-order valence-corrected chi connectivity index (χ1v) is 13.3. The SMILES string of the molecule is CC[C@@]12C[C@@H](C(C)=Cc3ccccn3)OC(=O)C[C@H](O)C(C)(C)C(=O)[C@H](C)[C@@H](O)[C@@H](C)CCC[C@@H]1O2. The van der Waals surface area contributed by atoms with Crippen LogP contribution in [-0.2, 0) is 19.1 Å². The van der Waals surface area contributed by atoms with Gasteiger partial charge in [-0.1, -0.05) is 47.1 Å². The number of carbonyl (C=O) groups excluding carboxylic acids is 2. The second-order valence-electron chi connectivity index (χ2n) is 11.3. The van der Waals surface area contributed by atoms with Gasteiger partial charge in [-0.05, 0) is 55.9 Å². The minimum Gasteiger partial charge on any atom is -0.458 e. The number of fused-ring (bicyclic) bond motifs is 1. The van der Waals surface area contributed by atoms with E-state index in [1.54, 1.807) is 27.0 Å². The Morgan fingerprint density at radius 1 is 1.19 bits per heavy atom. The van der Waals surface area contributed by atoms with Crippen LogP contribution in [0.5, 0.6) is 0 Å². The molecule has 1 aromatic heterocycles. The number of hydrogen-bond acceptors (Lipinski definition) is 7. The van der Waals surface area contributed by atoms with Crippen molar-refractivity contribution in [2.45, 2.75) is 110 Å². The molecule has 2 saturated heterocycles. The van der Waals surface area contributed by atoms with Crippen LogP contribution in [0.1, 0.15) is 85.8 Å². The maximum Gasteiger partial charge on any atom is 0.309 e. The van der Waals surface area contributed by atoms with Gasteiger partial charge in [-0.2, -0.15) is 0 Å². The van der Waals surface area contributed by atoms with E-state index >= 15 is 0 Å². The number of aliphatic hydroxyl groups is 2. The fraction of sp³-hybridized carbons (Fsp3) is 0.690. The van der Waals surface area contributed by atoms with Crippen molar-refractivity contribution >= 4 is 17.8 Å². The van der Waals surface area contributed by atoms with Crippen LogP contribution in [0.3, 0.4) is 0 Å². The first-order valence-electron chi connectivity index (χ1n) is 13.3. The molecule has 1 aromatic rings. The summed E-state index contributed by atoms with van der Waals surface area (Å²) in [5.74, 6) is -1.55. The molecule has 7 atom stereocenters. The quantitative estimate of drug-likeness (QED) is 0.464. The highest BCUT2D eigenvalue weighted by Crippen LogP contribution is 2.48. The predicted octanol–water partition coefficient (Wildman–Crippen LogP) is 4.50. The predicted molar refractivity (Wildman–Crippen MR) is 138 cm³/mol. The van der Waals surface area contributed by atoms with Crippen molar-refractivity contribution < 1.29 is 29.3 Å². The number of cyclic esters (lactones) is 1. The molecule has 0 bridgehead atoms. The Labute approximate surface area is 215 Å². The molecular formula is C29H43NO6. The number of ketones is 1. The van der Waals surface area contributed by atoms with Crippen LogP contribution in [0.15, 0.2) is 30.0 Å². The van der Waals surface area contributed by atoms with Crippen molar-refractivity contribution in [2.75, 3.05) is 0 Å². The Balaban J connectivity index is 1.89. The van der Waals surface area contributed by atoms with Gasteiger partial charge in [-0.15, -0.1) is 0 Å². The minimum absolute atomic E-state index is 0.0622. The third kappa shape index (κ3) is 6.42. The molecule has 0 spiro atoms. The number of Topliss-reactive ketones (excluding diaryl/α,β-unsaturated/α-hetero) is 1. The summed E-state index contributed by atoms with van der Waals surface area (Å²) in [4.78, 5) is 30.6. The number of hydrogen-bond donors (Lipinski definition) is 2. The maximum absolute atomic E-state index is 13.2. The smallest absolute Gasteiger partial charge is 0.309 e. The Kier molecular flexibility index (Phi) is 9.12. The first-order chi connectivity index (χ1) is 16.9. The van der Waals surface area contributed by atoms with Crippen molar-refractivity contribution in [2.24, 2.45) is 17.3 Å². The Hall–Kier alpha value is -2.09. The molecule has 3 rings (SSSR count). The number of nitrogens with zero attached hydrogens (tertiary/aromatic N) is 1. The number of carbonyl (C=O) groups is 2. The van der Waals surface area contributed by atoms with E-state index in [-0.39, 0.29) is 29.8 Å². The number of pyridine rings is 1. The third-order valence-electron chi connectivity index (χ3n) is 8.34. The van der Waals surface area contributed by atoms with E-state index in [2.05, 4.69) is 11.9 Å². The average Bonchev–Trinajstić information content (AvgIpc) is 3.54. The van der Waals surface area contributed by atoms with E-state index in [0.717, 1.165) is 37.0 Å². The van der Waals surface area contributed by atoms with Gasteiger partial charge in [0.15, 0.2) is 0 Å². The lowest BCUT2D eigenvalue weighted by Crippen LogP contribution is -2.45. The van der Waals surface area contributed by atoms with Gasteiger partial charge in [0.1, 0.15) is 11.9 Å². The molecule has 0 radical (unpaired) electrons. The number of epoxide rings is 1. The molecule has 0 saturated carbocycles. The number of rotatable bonds is 3. The van der Waals surface area contributed by atoms with Crippen LogP contribution >= 0.6 is 0 Å². The number of aromatic nitrogens is 1. The molecule has 0 aromatic carbocycles. The van der Waals surface area contributed by atoms with Crippen LogP contribution < -0.4 is 0 Å². The highest BCUT2D eigenvalue weighted by Gasteiger charge is 2.55. The van der Waals surface area contributed by atoms with Crippen LogP contribution in [0, 0.1) is 17.3 Å². The van der Waals surface area contributed by atoms with E-state index in [0.29, 0.717) is 6.42 Å². The molecule has 0 amide bonds. The van der Waals surface area contributed by atoms with Gasteiger partial charge in [0.05, 0.1) is 41.4 Å². The van der Waals surface area contributed by atoms with Gasteiger partial charge < -0.3 is 19.7 Å². The number of aliphatic hydroxyl groups excluding tert-OH is 2. The van der Waals surface area contributed by atoms with Crippen molar-refractivity contribution in [3.63, 3.8) is 0 Å². The summed E-state index contributed by atoms with van der Waals surface area (Å²) in [6.45, 7) is 10.9. The van der Waals surface area contributed by atoms with Gasteiger partial charge in [0.2, 0.25) is 0 Å². The molecular weight excluding hydrogens is 458 g/mol. The molecule has 3 heterocycles. The summed E-state index contributed by atoms with van der Waals surface area (Å²) in [5.41, 5.74) is 0.0372. The summed E-state index contributed by atoms with van der Waals surface area (Å²) in [5, 5.41) is 21.8. The molecule has 200 valence electrons. The molecule has 0 unspecified atom stereocenters. The topological polar surface area (TPSA) is 109 Å². The minimum atomic E-state index is -1.24. The van der Waals surface area contributed by atoms with Crippen molar-refractivity contribution in [1.29, 1.82) is 0 Å². The molecule has 7 nitrogen and oxygen atoms in total. The fourth-order valence-corrected chi connectivity index (χ4v) is 5.42. The lowest BCUT2D eigenvalue weighted by Gasteiger charge is -2.34. The van der Waals surface area contributed by atoms with E-state index < -0.39 is 35.6 Å². The molecule has 36 heavy (non-hydrogen) atoms. The monoisotopic (exact) mass is 501 g/mol. The van der Waals surface area contributed by atoms with Crippen molar-refractivity contribution in [3.8, 4) is 0 Å². The zero-order chi connectivity index (χ0) is 26.7. The summed E-state index contributed by atoms with van der Waals surface area (Å²) in [6.07, 6.45) is 4.58. The number of ether oxygens (including phenoxy) is 2. The third-order valence-corrected chi connectivity index (χ3v) is 8.34. The zero-order valence-corrected chi connectivity index (χ0v) is 22.6. The standard InChI is InChI=1S/C29H43NO6/c1-7-29-17-22(19(3)15-21-12-8-9-14-30-21)35-25(32)16-23(31)28(5,6)27(34)20(4)26(33)18(2)11-10-13-24(29)36-29/h8-9,12,14-15,18,20,22-24,26,31,33H,7,10-11,13,16-17H2,1-6H3/t18-,20+,22-,23-,24-,26-,29+/m0/s1. The van der Waals surface area contributed by atoms with Crippen LogP contribution in [0.2, 0.25) is 0 Å². The number of esters is 1. The molecule has 2 aliphatic rings. The first kappa shape index (κ1) is 28.5. The van der Waals surface area contributed by atoms with Gasteiger partial charge in [-0.3, -0.25) is 14.6 Å². The highest BCUT2D eigenvalue weighted by molar-refractivity contribution is 5.88. The molecule has 2 aliphatic heterocycles. The van der Waals surface area contributed by atoms with Gasteiger partial charge in [0, 0.05) is 18.5 Å². The van der Waals surface area contributed by atoms with Crippen LogP contribution in [-0.4, -0.2) is 57.0 Å². The van der Waals surface area contributed by atoms with Gasteiger partial charge in [-0.25, -0.2) is 0 Å². The zero-order valence-electron chi connectivity index (χ0n) is 22.6. The van der Waals surface area contributed by atoms with Crippen LogP contribution in [0.25, 0.3) is 6.08 Å². The summed E-state index contributed by atoms with van der Waals surface area (Å²) in [6, 6.07) is 5.64. The second kappa shape index (κ2) is 11.5. The Morgan fingerprint density at radius 2 is 1.92 bits per heavy atom. The second-order valence-corrected chi connectivity index (χ2v) is 11.3. The van der Waals surface area contributed by atoms with E-state index in [4.69, 9.17) is 9.47 Å². The lowest BCUT2D eigenvalue weighted by atomic mass is 9.73. The van der Waals surface area contributed by atoms with E-state index in [1.807, 2.05) is 38.1 Å². The van der Waals surface area contributed by atoms with E-state index in [9.17, 15) is 19.8 Å². The maximum atomic E-state index is 13.2. The average molecular weight is 502 g/mol. The molecule has 2 fully saturated rings. The summed E-state index contributed by atoms with van der Waals surface area (Å²) in [7, 11) is 0. The van der Waals surface area contributed by atoms with Gasteiger partial charge >= 0.3 is 5.97 Å². The molecule has 2 N–H and O–H groups in total. The summed E-state index contributed by atoms with van der Waals surface area (Å²) < 4.78 is 12.1. The highest BCUT2D eigenvalue weighted by atomic mass is 16.6. The molecule has 7 heteroatoms. The van der Waals surface area contributed by atoms with E-state index in [1.165, 1.54) is 0 Å². The normalized spacial score (nSPS) is 36.6. The van der Waals surface area contributed by atoms with Gasteiger partial charge in [0.25, 0.3) is 0 Å². The van der Waals surface area contributed by atoms with Crippen molar-refractivity contribution in [3.05, 3.63) is 35.7 Å². The molecule has 0 aliphatic carbocycles. The Bertz CT molecular complexity index is 944. The largest absolute Gasteiger partial charge is 0.458 e. The Morgan fingerprint density at radius 3 is 2.56 bits per heavy atom. The summed E-state index contributed by atoms with van der Waals surface area (Å²) >= 11 is 0. The lowest BCUT2D eigenvalue weighted by molar-refractivity contribution is -0.154. The fourth-order valence-electron chi connectivity index (χ4n) is 5.42. The van der Waals surface area contributed by atoms with Crippen molar-refractivity contribution in [1.82, 2.24) is 4.98 Å².